The molecular weight excluding hydrogens is 504 g/mol. The largest absolute Gasteiger partial charge is 0.449 e. The van der Waals surface area contributed by atoms with Crippen molar-refractivity contribution in [3.8, 4) is 0 Å². The van der Waals surface area contributed by atoms with E-state index in [0.29, 0.717) is 44.9 Å². The molecule has 2 atom stereocenters. The third-order valence-electron chi connectivity index (χ3n) is 8.68. The van der Waals surface area contributed by atoms with E-state index in [1.807, 2.05) is 11.0 Å². The summed E-state index contributed by atoms with van der Waals surface area (Å²) in [7, 11) is 0. The van der Waals surface area contributed by atoms with Gasteiger partial charge < -0.3 is 25.2 Å². The summed E-state index contributed by atoms with van der Waals surface area (Å²) in [4.78, 5) is 43.4. The topological polar surface area (TPSA) is 91.0 Å². The molecule has 2 N–H and O–H groups in total. The minimum absolute atomic E-state index is 0.00325. The van der Waals surface area contributed by atoms with Gasteiger partial charge in [-0.25, -0.2) is 4.79 Å². The van der Waals surface area contributed by atoms with Gasteiger partial charge in [-0.2, -0.15) is 0 Å². The molecule has 8 nitrogen and oxygen atoms in total. The number of nitrogens with one attached hydrogen (secondary N) is 2. The van der Waals surface area contributed by atoms with Crippen molar-refractivity contribution in [3.05, 3.63) is 35.9 Å². The molecule has 224 valence electrons. The number of nitrogens with zero attached hydrogens (tertiary/aromatic N) is 2. The van der Waals surface area contributed by atoms with E-state index in [0.717, 1.165) is 71.0 Å². The Morgan fingerprint density at radius 3 is 2.48 bits per heavy atom. The summed E-state index contributed by atoms with van der Waals surface area (Å²) in [6, 6.07) is 9.99. The van der Waals surface area contributed by atoms with Crippen molar-refractivity contribution in [2.75, 3.05) is 39.3 Å². The number of piperidine rings is 1. The van der Waals surface area contributed by atoms with Gasteiger partial charge in [0.2, 0.25) is 11.8 Å². The molecule has 0 aromatic heterocycles. The van der Waals surface area contributed by atoms with Gasteiger partial charge in [0.05, 0.1) is 6.61 Å². The quantitative estimate of drug-likeness (QED) is 0.282. The molecule has 1 unspecified atom stereocenters. The molecule has 2 aliphatic rings. The van der Waals surface area contributed by atoms with Gasteiger partial charge in [-0.1, -0.05) is 70.4 Å². The van der Waals surface area contributed by atoms with Gasteiger partial charge in [0, 0.05) is 32.7 Å². The summed E-state index contributed by atoms with van der Waals surface area (Å²) in [5.41, 5.74) is 0.592. The SMILES string of the molecule is CCCCC(CC)COC(=O)NCCCC[C@@H]1NC(=O)C2(CCN(CCc3ccccc3)CC2)N(CCC)C1=O. The molecule has 2 fully saturated rings. The lowest BCUT2D eigenvalue weighted by molar-refractivity contribution is -0.161. The maximum Gasteiger partial charge on any atom is 0.407 e. The van der Waals surface area contributed by atoms with Gasteiger partial charge in [0.1, 0.15) is 11.6 Å². The van der Waals surface area contributed by atoms with E-state index < -0.39 is 11.6 Å². The number of hydrogen-bond acceptors (Lipinski definition) is 5. The van der Waals surface area contributed by atoms with Crippen LogP contribution in [0.5, 0.6) is 0 Å². The molecule has 2 heterocycles. The summed E-state index contributed by atoms with van der Waals surface area (Å²) in [6.07, 6.45) is 9.26. The summed E-state index contributed by atoms with van der Waals surface area (Å²) >= 11 is 0. The first-order valence-corrected chi connectivity index (χ1v) is 15.7. The lowest BCUT2D eigenvalue weighted by atomic mass is 9.81. The molecule has 1 aromatic carbocycles. The fourth-order valence-electron chi connectivity index (χ4n) is 6.00. The first kappa shape index (κ1) is 31.9. The van der Waals surface area contributed by atoms with Crippen LogP contribution in [0.2, 0.25) is 0 Å². The van der Waals surface area contributed by atoms with Gasteiger partial charge >= 0.3 is 6.09 Å². The lowest BCUT2D eigenvalue weighted by Gasteiger charge is -2.51. The van der Waals surface area contributed by atoms with Crippen LogP contribution in [0.3, 0.4) is 0 Å². The third-order valence-corrected chi connectivity index (χ3v) is 8.68. The minimum Gasteiger partial charge on any atom is -0.449 e. The molecular formula is C32H52N4O4. The maximum absolute atomic E-state index is 13.6. The Balaban J connectivity index is 1.41. The lowest BCUT2D eigenvalue weighted by Crippen LogP contribution is -2.72. The van der Waals surface area contributed by atoms with Crippen LogP contribution in [0, 0.1) is 5.92 Å². The highest BCUT2D eigenvalue weighted by Gasteiger charge is 2.52. The Labute approximate surface area is 241 Å². The minimum atomic E-state index is -0.731. The smallest absolute Gasteiger partial charge is 0.407 e. The zero-order chi connectivity index (χ0) is 28.8. The van der Waals surface area contributed by atoms with Crippen LogP contribution in [0.1, 0.15) is 90.5 Å². The zero-order valence-corrected chi connectivity index (χ0v) is 25.1. The fraction of sp³-hybridized carbons (Fsp3) is 0.719. The van der Waals surface area contributed by atoms with Gasteiger partial charge in [-0.3, -0.25) is 9.59 Å². The van der Waals surface area contributed by atoms with Crippen LogP contribution in [-0.4, -0.2) is 78.6 Å². The van der Waals surface area contributed by atoms with Crippen molar-refractivity contribution in [2.45, 2.75) is 103 Å². The second-order valence-corrected chi connectivity index (χ2v) is 11.6. The monoisotopic (exact) mass is 556 g/mol. The predicted molar refractivity (Wildman–Crippen MR) is 159 cm³/mol. The van der Waals surface area contributed by atoms with Crippen LogP contribution in [-0.2, 0) is 20.7 Å². The van der Waals surface area contributed by atoms with Crippen molar-refractivity contribution in [1.82, 2.24) is 20.4 Å². The second kappa shape index (κ2) is 16.6. The fourth-order valence-corrected chi connectivity index (χ4v) is 6.00. The first-order chi connectivity index (χ1) is 19.4. The van der Waals surface area contributed by atoms with Crippen LogP contribution < -0.4 is 10.6 Å². The Morgan fingerprint density at radius 1 is 1.05 bits per heavy atom. The maximum atomic E-state index is 13.6. The average Bonchev–Trinajstić information content (AvgIpc) is 2.98. The number of carbonyl (C=O) groups excluding carboxylic acids is 3. The zero-order valence-electron chi connectivity index (χ0n) is 25.1. The van der Waals surface area contributed by atoms with Crippen molar-refractivity contribution in [2.24, 2.45) is 5.92 Å². The standard InChI is InChI=1S/C32H52N4O4/c1-4-7-13-26(6-3)25-40-31(39)33-20-12-11-16-28-29(37)36(21-5-2)32(30(38)34-28)18-23-35(24-19-32)22-17-27-14-9-8-10-15-27/h8-10,14-15,26,28H,4-7,11-13,16-25H2,1-3H3,(H,33,39)(H,34,38)/t26?,28-/m0/s1. The molecule has 2 aliphatic heterocycles. The van der Waals surface area contributed by atoms with Gasteiger partial charge in [-0.05, 0) is 62.8 Å². The number of unbranched alkanes of at least 4 members (excludes halogenated alkanes) is 2. The molecule has 1 aromatic rings. The van der Waals surface area contributed by atoms with E-state index >= 15 is 0 Å². The van der Waals surface area contributed by atoms with E-state index in [4.69, 9.17) is 4.74 Å². The molecule has 40 heavy (non-hydrogen) atoms. The Morgan fingerprint density at radius 2 is 1.80 bits per heavy atom. The number of benzene rings is 1. The molecule has 2 saturated heterocycles. The van der Waals surface area contributed by atoms with Gasteiger partial charge in [0.15, 0.2) is 0 Å². The van der Waals surface area contributed by atoms with Crippen LogP contribution >= 0.6 is 0 Å². The molecule has 8 heteroatoms. The molecule has 0 radical (unpaired) electrons. The van der Waals surface area contributed by atoms with Gasteiger partial charge in [0.25, 0.3) is 0 Å². The van der Waals surface area contributed by atoms with Crippen molar-refractivity contribution < 1.29 is 19.1 Å². The first-order valence-electron chi connectivity index (χ1n) is 15.7. The second-order valence-electron chi connectivity index (χ2n) is 11.6. The third kappa shape index (κ3) is 8.95. The number of hydrogen-bond donors (Lipinski definition) is 2. The Kier molecular flexibility index (Phi) is 13.2. The van der Waals surface area contributed by atoms with Crippen molar-refractivity contribution >= 4 is 17.9 Å². The number of rotatable bonds is 16. The van der Waals surface area contributed by atoms with E-state index in [2.05, 4.69) is 60.6 Å². The van der Waals surface area contributed by atoms with Gasteiger partial charge in [-0.15, -0.1) is 0 Å². The van der Waals surface area contributed by atoms with Crippen LogP contribution in [0.15, 0.2) is 30.3 Å². The van der Waals surface area contributed by atoms with E-state index in [-0.39, 0.29) is 17.9 Å². The predicted octanol–water partition coefficient (Wildman–Crippen LogP) is 4.91. The molecule has 3 amide bonds. The van der Waals surface area contributed by atoms with E-state index in [9.17, 15) is 14.4 Å². The molecule has 0 bridgehead atoms. The summed E-state index contributed by atoms with van der Waals surface area (Å²) in [6.45, 7) is 10.5. The molecule has 3 rings (SSSR count). The summed E-state index contributed by atoms with van der Waals surface area (Å²) in [5.74, 6) is 0.468. The number of alkyl carbamates (subject to hydrolysis) is 1. The molecule has 0 aliphatic carbocycles. The van der Waals surface area contributed by atoms with Crippen LogP contribution in [0.4, 0.5) is 4.79 Å². The number of amides is 3. The Bertz CT molecular complexity index is 917. The number of carbonyl (C=O) groups is 3. The molecule has 1 spiro atoms. The van der Waals surface area contributed by atoms with E-state index in [1.54, 1.807) is 0 Å². The van der Waals surface area contributed by atoms with Crippen molar-refractivity contribution in [3.63, 3.8) is 0 Å². The average molecular weight is 557 g/mol. The van der Waals surface area contributed by atoms with Crippen LogP contribution in [0.25, 0.3) is 0 Å². The number of piperazine rings is 1. The number of likely N-dealkylation sites (tertiary alicyclic amines) is 1. The number of ether oxygens (including phenoxy) is 1. The summed E-state index contributed by atoms with van der Waals surface area (Å²) < 4.78 is 5.40. The highest BCUT2D eigenvalue weighted by atomic mass is 16.5. The van der Waals surface area contributed by atoms with Crippen molar-refractivity contribution in [1.29, 1.82) is 0 Å². The highest BCUT2D eigenvalue weighted by Crippen LogP contribution is 2.34. The van der Waals surface area contributed by atoms with E-state index in [1.165, 1.54) is 5.56 Å². The normalized spacial score (nSPS) is 19.9. The Hall–Kier alpha value is -2.61. The molecule has 0 saturated carbocycles. The highest BCUT2D eigenvalue weighted by molar-refractivity contribution is 6.00. The summed E-state index contributed by atoms with van der Waals surface area (Å²) in [5, 5.41) is 5.91.